The molecule has 200 valence electrons. The minimum Gasteiger partial charge on any atom is -0.342 e. The van der Waals surface area contributed by atoms with Crippen molar-refractivity contribution >= 4 is 0 Å². The molecule has 0 aliphatic carbocycles. The van der Waals surface area contributed by atoms with E-state index in [0.29, 0.717) is 6.42 Å². The van der Waals surface area contributed by atoms with E-state index >= 15 is 0 Å². The fraction of sp³-hybridized carbons (Fsp3) is 0.412. The number of rotatable bonds is 7. The third-order valence-electron chi connectivity index (χ3n) is 5.55. The van der Waals surface area contributed by atoms with Crippen molar-refractivity contribution in [2.75, 3.05) is 6.67 Å². The van der Waals surface area contributed by atoms with Crippen LogP contribution in [0.15, 0.2) is 84.8 Å². The van der Waals surface area contributed by atoms with E-state index in [-0.39, 0.29) is 6.67 Å². The lowest BCUT2D eigenvalue weighted by molar-refractivity contribution is 0.430. The lowest BCUT2D eigenvalue weighted by Crippen LogP contribution is -2.20. The fourth-order valence-electron chi connectivity index (χ4n) is 3.15. The van der Waals surface area contributed by atoms with Gasteiger partial charge in [0.15, 0.2) is 0 Å². The predicted octanol–water partition coefficient (Wildman–Crippen LogP) is 10.7. The zero-order valence-electron chi connectivity index (χ0n) is 25.1. The number of allylic oxidation sites excluding steroid dienone is 5. The van der Waals surface area contributed by atoms with E-state index in [9.17, 15) is 4.39 Å². The van der Waals surface area contributed by atoms with Gasteiger partial charge < -0.3 is 4.90 Å². The number of alkyl halides is 1. The third kappa shape index (κ3) is 13.9. The molecule has 1 nitrogen and oxygen atoms in total. The maximum Gasteiger partial charge on any atom is 0.0891 e. The third-order valence-corrected chi connectivity index (χ3v) is 5.55. The highest BCUT2D eigenvalue weighted by Crippen LogP contribution is 2.23. The Bertz CT molecular complexity index is 952. The molecule has 2 aromatic rings. The summed E-state index contributed by atoms with van der Waals surface area (Å²) in [4.78, 5) is 2.26. The summed E-state index contributed by atoms with van der Waals surface area (Å²) in [5, 5.41) is 0. The lowest BCUT2D eigenvalue weighted by Gasteiger charge is -2.28. The average molecular weight is 494 g/mol. The van der Waals surface area contributed by atoms with Crippen LogP contribution >= 0.6 is 0 Å². The van der Waals surface area contributed by atoms with Gasteiger partial charge in [0, 0.05) is 17.9 Å². The zero-order valence-corrected chi connectivity index (χ0v) is 25.1. The average Bonchev–Trinajstić information content (AvgIpc) is 2.85. The highest BCUT2D eigenvalue weighted by molar-refractivity contribution is 5.34. The van der Waals surface area contributed by atoms with Crippen molar-refractivity contribution < 1.29 is 4.39 Å². The van der Waals surface area contributed by atoms with Gasteiger partial charge in [-0.15, -0.1) is 0 Å². The molecule has 0 fully saturated rings. The standard InChI is InChI=1S/C20H27N.C9H12.C3H7F.C2H6/c1-8-9-10-20(15(2)3)21(16(4)5)14-19-13-17(6)11-12-18(19)7;1-7-5-4-6-8(2)9(7)3;1-2-3-4;1-2/h8-13H,1,4,14H2,2-3,5-7H3;4-6H,1-3H3;2-3H2,1H3;1-2H3/b10-9-;;;. The molecule has 2 aromatic carbocycles. The van der Waals surface area contributed by atoms with E-state index in [0.717, 1.165) is 12.2 Å². The molecule has 2 heteroatoms. The van der Waals surface area contributed by atoms with Crippen LogP contribution in [0.3, 0.4) is 0 Å². The zero-order chi connectivity index (χ0) is 28.3. The summed E-state index contributed by atoms with van der Waals surface area (Å²) in [6.07, 6.45) is 6.53. The largest absolute Gasteiger partial charge is 0.342 e. The second kappa shape index (κ2) is 20.3. The number of benzene rings is 2. The highest BCUT2D eigenvalue weighted by Gasteiger charge is 2.12. The van der Waals surface area contributed by atoms with Crippen molar-refractivity contribution in [3.05, 3.63) is 118 Å². The maximum absolute atomic E-state index is 10.7. The van der Waals surface area contributed by atoms with Crippen LogP contribution in [0.5, 0.6) is 0 Å². The van der Waals surface area contributed by atoms with Crippen LogP contribution in [0.2, 0.25) is 0 Å². The van der Waals surface area contributed by atoms with Crippen molar-refractivity contribution in [1.82, 2.24) is 4.90 Å². The van der Waals surface area contributed by atoms with Crippen molar-refractivity contribution in [1.29, 1.82) is 0 Å². The Kier molecular flexibility index (Phi) is 19.9. The highest BCUT2D eigenvalue weighted by atomic mass is 19.1. The Labute approximate surface area is 223 Å². The van der Waals surface area contributed by atoms with Gasteiger partial charge in [-0.2, -0.15) is 0 Å². The number of nitrogens with zero attached hydrogens (tertiary/aromatic N) is 1. The number of aryl methyl sites for hydroxylation is 4. The smallest absolute Gasteiger partial charge is 0.0891 e. The van der Waals surface area contributed by atoms with Gasteiger partial charge in [-0.1, -0.05) is 93.6 Å². The molecule has 2 rings (SSSR count). The van der Waals surface area contributed by atoms with Gasteiger partial charge >= 0.3 is 0 Å². The molecule has 0 N–H and O–H groups in total. The normalized spacial score (nSPS) is 9.56. The first-order valence-electron chi connectivity index (χ1n) is 13.0. The van der Waals surface area contributed by atoms with Crippen LogP contribution in [-0.2, 0) is 6.54 Å². The first-order valence-corrected chi connectivity index (χ1v) is 13.0. The Morgan fingerprint density at radius 1 is 0.917 bits per heavy atom. The van der Waals surface area contributed by atoms with Gasteiger partial charge in [-0.3, -0.25) is 4.39 Å². The summed E-state index contributed by atoms with van der Waals surface area (Å²) >= 11 is 0. The first-order chi connectivity index (χ1) is 17.0. The molecule has 0 radical (unpaired) electrons. The van der Waals surface area contributed by atoms with E-state index in [1.807, 2.05) is 19.9 Å². The van der Waals surface area contributed by atoms with E-state index in [4.69, 9.17) is 0 Å². The summed E-state index contributed by atoms with van der Waals surface area (Å²) in [5.74, 6) is 0. The van der Waals surface area contributed by atoms with Crippen LogP contribution in [-0.4, -0.2) is 11.6 Å². The topological polar surface area (TPSA) is 3.24 Å². The van der Waals surface area contributed by atoms with Crippen LogP contribution in [0.1, 0.15) is 81.3 Å². The van der Waals surface area contributed by atoms with Gasteiger partial charge in [-0.05, 0) is 95.7 Å². The number of halogens is 1. The molecule has 0 heterocycles. The molecular weight excluding hydrogens is 441 g/mol. The Hall–Kier alpha value is -2.87. The summed E-state index contributed by atoms with van der Waals surface area (Å²) in [6, 6.07) is 13.0. The molecule has 0 spiro atoms. The molecule has 0 amide bonds. The van der Waals surface area contributed by atoms with Gasteiger partial charge in [0.25, 0.3) is 0 Å². The minimum atomic E-state index is -0.181. The molecular formula is C34H52FN. The summed E-state index contributed by atoms with van der Waals surface area (Å²) in [5.41, 5.74) is 11.6. The predicted molar refractivity (Wildman–Crippen MR) is 162 cm³/mol. The SMILES string of the molecule is C=C/C=C\C(=C(C)C)N(Cc1cc(C)ccc1C)C(=C)C.CC.CCCF.Cc1cccc(C)c1C. The molecule has 0 saturated heterocycles. The van der Waals surface area contributed by atoms with Crippen LogP contribution in [0.4, 0.5) is 4.39 Å². The minimum absolute atomic E-state index is 0.181. The molecule has 0 atom stereocenters. The van der Waals surface area contributed by atoms with Crippen LogP contribution in [0, 0.1) is 34.6 Å². The number of hydrogen-bond donors (Lipinski definition) is 0. The molecule has 0 aromatic heterocycles. The maximum atomic E-state index is 10.7. The summed E-state index contributed by atoms with van der Waals surface area (Å²) < 4.78 is 10.7. The second-order valence-electron chi connectivity index (χ2n) is 8.94. The van der Waals surface area contributed by atoms with Gasteiger partial charge in [0.05, 0.1) is 6.67 Å². The molecule has 0 saturated carbocycles. The lowest BCUT2D eigenvalue weighted by atomic mass is 10.0. The van der Waals surface area contributed by atoms with Gasteiger partial charge in [-0.25, -0.2) is 0 Å². The van der Waals surface area contributed by atoms with E-state index < -0.39 is 0 Å². The Morgan fingerprint density at radius 3 is 1.83 bits per heavy atom. The summed E-state index contributed by atoms with van der Waals surface area (Å²) in [7, 11) is 0. The quantitative estimate of drug-likeness (QED) is 0.347. The number of hydrogen-bond acceptors (Lipinski definition) is 1. The van der Waals surface area contributed by atoms with E-state index in [1.165, 1.54) is 44.7 Å². The van der Waals surface area contributed by atoms with Gasteiger partial charge in [0.1, 0.15) is 0 Å². The van der Waals surface area contributed by atoms with Crippen molar-refractivity contribution in [3.8, 4) is 0 Å². The van der Waals surface area contributed by atoms with Crippen LogP contribution < -0.4 is 0 Å². The second-order valence-corrected chi connectivity index (χ2v) is 8.94. The molecule has 0 bridgehead atoms. The van der Waals surface area contributed by atoms with E-state index in [1.54, 1.807) is 13.0 Å². The Morgan fingerprint density at radius 2 is 1.44 bits per heavy atom. The first kappa shape index (κ1) is 35.3. The van der Waals surface area contributed by atoms with Crippen molar-refractivity contribution in [3.63, 3.8) is 0 Å². The monoisotopic (exact) mass is 493 g/mol. The van der Waals surface area contributed by atoms with Gasteiger partial charge in [0.2, 0.25) is 0 Å². The van der Waals surface area contributed by atoms with Crippen molar-refractivity contribution in [2.24, 2.45) is 0 Å². The van der Waals surface area contributed by atoms with Crippen molar-refractivity contribution in [2.45, 2.75) is 89.1 Å². The fourth-order valence-corrected chi connectivity index (χ4v) is 3.15. The Balaban J connectivity index is 0. The summed E-state index contributed by atoms with van der Waals surface area (Å²) in [6.45, 7) is 31.4. The molecule has 0 aliphatic heterocycles. The van der Waals surface area contributed by atoms with Crippen LogP contribution in [0.25, 0.3) is 0 Å². The molecule has 36 heavy (non-hydrogen) atoms. The molecule has 0 unspecified atom stereocenters. The van der Waals surface area contributed by atoms with E-state index in [2.05, 4.69) is 116 Å². The molecule has 0 aliphatic rings.